The van der Waals surface area contributed by atoms with Crippen LogP contribution in [-0.4, -0.2) is 43.6 Å². The maximum atomic E-state index is 13.4. The minimum absolute atomic E-state index is 0.0262. The van der Waals surface area contributed by atoms with Crippen molar-refractivity contribution in [2.45, 2.75) is 18.9 Å². The van der Waals surface area contributed by atoms with E-state index in [1.807, 2.05) is 4.90 Å². The highest BCUT2D eigenvalue weighted by Gasteiger charge is 2.37. The first-order chi connectivity index (χ1) is 9.70. The first-order valence-corrected chi connectivity index (χ1v) is 7.06. The number of halogens is 1. The molecule has 20 heavy (non-hydrogen) atoms. The molecule has 2 heterocycles. The number of benzene rings is 1. The number of ether oxygens (including phenoxy) is 1. The Bertz CT molecular complexity index is 521. The third kappa shape index (κ3) is 2.26. The molecule has 1 aromatic rings. The third-order valence-corrected chi connectivity index (χ3v) is 4.34. The van der Waals surface area contributed by atoms with Gasteiger partial charge in [-0.15, -0.1) is 0 Å². The van der Waals surface area contributed by atoms with Crippen LogP contribution in [-0.2, 0) is 0 Å². The predicted molar refractivity (Wildman–Crippen MR) is 73.4 cm³/mol. The van der Waals surface area contributed by atoms with Gasteiger partial charge in [-0.1, -0.05) is 0 Å². The zero-order valence-corrected chi connectivity index (χ0v) is 11.6. The van der Waals surface area contributed by atoms with Gasteiger partial charge in [0.2, 0.25) is 0 Å². The monoisotopic (exact) mass is 278 g/mol. The fourth-order valence-electron chi connectivity index (χ4n) is 3.28. The van der Waals surface area contributed by atoms with Crippen LogP contribution in [0.15, 0.2) is 18.2 Å². The lowest BCUT2D eigenvalue weighted by molar-refractivity contribution is 0.0574. The summed E-state index contributed by atoms with van der Waals surface area (Å²) < 4.78 is 18.4. The summed E-state index contributed by atoms with van der Waals surface area (Å²) in [5.74, 6) is 0.203. The van der Waals surface area contributed by atoms with Gasteiger partial charge in [0.15, 0.2) is 11.6 Å². The highest BCUT2D eigenvalue weighted by molar-refractivity contribution is 5.95. The van der Waals surface area contributed by atoms with Gasteiger partial charge in [-0.05, 0) is 37.0 Å². The number of rotatable bonds is 2. The molecule has 5 heteroatoms. The largest absolute Gasteiger partial charge is 0.494 e. The highest BCUT2D eigenvalue weighted by Crippen LogP contribution is 2.28. The summed E-state index contributed by atoms with van der Waals surface area (Å²) in [7, 11) is 1.41. The van der Waals surface area contributed by atoms with Gasteiger partial charge in [-0.25, -0.2) is 4.39 Å². The van der Waals surface area contributed by atoms with Gasteiger partial charge in [0.25, 0.3) is 5.91 Å². The Morgan fingerprint density at radius 1 is 1.45 bits per heavy atom. The molecule has 3 rings (SSSR count). The molecule has 4 nitrogen and oxygen atoms in total. The van der Waals surface area contributed by atoms with Crippen LogP contribution >= 0.6 is 0 Å². The smallest absolute Gasteiger partial charge is 0.254 e. The van der Waals surface area contributed by atoms with E-state index in [1.165, 1.54) is 31.7 Å². The molecule has 1 amide bonds. The fourth-order valence-corrected chi connectivity index (χ4v) is 3.28. The molecule has 0 aromatic heterocycles. The zero-order chi connectivity index (χ0) is 14.1. The Labute approximate surface area is 117 Å². The highest BCUT2D eigenvalue weighted by atomic mass is 19.1. The van der Waals surface area contributed by atoms with E-state index in [0.29, 0.717) is 11.5 Å². The average molecular weight is 278 g/mol. The maximum absolute atomic E-state index is 13.4. The molecular weight excluding hydrogens is 259 g/mol. The molecule has 0 saturated carbocycles. The number of nitrogens with one attached hydrogen (secondary N) is 1. The van der Waals surface area contributed by atoms with Crippen LogP contribution in [0.5, 0.6) is 5.75 Å². The molecule has 2 saturated heterocycles. The second-order valence-electron chi connectivity index (χ2n) is 5.48. The number of carbonyl (C=O) groups is 1. The molecule has 0 aliphatic carbocycles. The van der Waals surface area contributed by atoms with Crippen molar-refractivity contribution in [2.75, 3.05) is 26.7 Å². The van der Waals surface area contributed by atoms with Crippen LogP contribution in [0.25, 0.3) is 0 Å². The summed E-state index contributed by atoms with van der Waals surface area (Å²) in [6.45, 7) is 2.62. The molecule has 2 unspecified atom stereocenters. The Kier molecular flexibility index (Phi) is 3.61. The van der Waals surface area contributed by atoms with Crippen molar-refractivity contribution in [1.29, 1.82) is 0 Å². The van der Waals surface area contributed by atoms with Crippen molar-refractivity contribution >= 4 is 5.91 Å². The number of likely N-dealkylation sites (tertiary alicyclic amines) is 1. The van der Waals surface area contributed by atoms with Gasteiger partial charge >= 0.3 is 0 Å². The first-order valence-electron chi connectivity index (χ1n) is 7.06. The van der Waals surface area contributed by atoms with E-state index in [9.17, 15) is 9.18 Å². The van der Waals surface area contributed by atoms with E-state index in [-0.39, 0.29) is 17.7 Å². The quantitative estimate of drug-likeness (QED) is 0.894. The molecule has 0 bridgehead atoms. The maximum Gasteiger partial charge on any atom is 0.254 e. The minimum Gasteiger partial charge on any atom is -0.494 e. The Hall–Kier alpha value is -1.62. The van der Waals surface area contributed by atoms with Gasteiger partial charge in [0, 0.05) is 31.2 Å². The zero-order valence-electron chi connectivity index (χ0n) is 11.6. The van der Waals surface area contributed by atoms with Crippen LogP contribution in [0, 0.1) is 11.7 Å². The second kappa shape index (κ2) is 5.40. The van der Waals surface area contributed by atoms with Crippen molar-refractivity contribution in [1.82, 2.24) is 10.2 Å². The Morgan fingerprint density at radius 2 is 2.30 bits per heavy atom. The summed E-state index contributed by atoms with van der Waals surface area (Å²) in [6, 6.07) is 4.59. The lowest BCUT2D eigenvalue weighted by atomic mass is 9.91. The number of hydrogen-bond donors (Lipinski definition) is 1. The van der Waals surface area contributed by atoms with E-state index in [1.54, 1.807) is 0 Å². The van der Waals surface area contributed by atoms with E-state index in [4.69, 9.17) is 4.74 Å². The molecule has 1 aromatic carbocycles. The molecular formula is C15H19FN2O2. The number of methoxy groups -OCH3 is 1. The molecule has 2 atom stereocenters. The van der Waals surface area contributed by atoms with Gasteiger partial charge in [-0.3, -0.25) is 4.79 Å². The molecule has 2 aliphatic rings. The lowest BCUT2D eigenvalue weighted by Gasteiger charge is -2.37. The van der Waals surface area contributed by atoms with Crippen molar-refractivity contribution in [3.8, 4) is 5.75 Å². The number of fused-ring (bicyclic) bond motifs is 1. The first kappa shape index (κ1) is 13.4. The standard InChI is InChI=1S/C15H19FN2O2/c1-20-14-7-10(4-5-12(14)16)15(19)18-6-2-3-11-8-17-9-13(11)18/h4-5,7,11,13,17H,2-3,6,8-9H2,1H3. The van der Waals surface area contributed by atoms with Gasteiger partial charge in [0.05, 0.1) is 7.11 Å². The molecule has 0 radical (unpaired) electrons. The molecule has 1 N–H and O–H groups in total. The number of amides is 1. The van der Waals surface area contributed by atoms with Gasteiger partial charge < -0.3 is 15.0 Å². The summed E-state index contributed by atoms with van der Waals surface area (Å²) >= 11 is 0. The van der Waals surface area contributed by atoms with Crippen molar-refractivity contribution in [3.05, 3.63) is 29.6 Å². The van der Waals surface area contributed by atoms with Crippen LogP contribution < -0.4 is 10.1 Å². The topological polar surface area (TPSA) is 41.6 Å². The molecule has 108 valence electrons. The van der Waals surface area contributed by atoms with Crippen LogP contribution in [0.1, 0.15) is 23.2 Å². The van der Waals surface area contributed by atoms with Crippen LogP contribution in [0.4, 0.5) is 4.39 Å². The summed E-state index contributed by atoms with van der Waals surface area (Å²) in [4.78, 5) is 14.6. The number of nitrogens with zero attached hydrogens (tertiary/aromatic N) is 1. The van der Waals surface area contributed by atoms with Crippen LogP contribution in [0.3, 0.4) is 0 Å². The average Bonchev–Trinajstić information content (AvgIpc) is 2.95. The van der Waals surface area contributed by atoms with Gasteiger partial charge in [0.1, 0.15) is 0 Å². The van der Waals surface area contributed by atoms with Crippen molar-refractivity contribution in [2.24, 2.45) is 5.92 Å². The normalized spacial score (nSPS) is 25.4. The second-order valence-corrected chi connectivity index (χ2v) is 5.48. The molecule has 2 fully saturated rings. The van der Waals surface area contributed by atoms with Gasteiger partial charge in [-0.2, -0.15) is 0 Å². The predicted octanol–water partition coefficient (Wildman–Crippen LogP) is 1.66. The van der Waals surface area contributed by atoms with E-state index in [0.717, 1.165) is 26.1 Å². The number of piperidine rings is 1. The summed E-state index contributed by atoms with van der Waals surface area (Å²) in [5, 5.41) is 3.35. The minimum atomic E-state index is -0.442. The lowest BCUT2D eigenvalue weighted by Crippen LogP contribution is -2.48. The van der Waals surface area contributed by atoms with Crippen molar-refractivity contribution in [3.63, 3.8) is 0 Å². The Morgan fingerprint density at radius 3 is 3.10 bits per heavy atom. The summed E-state index contributed by atoms with van der Waals surface area (Å²) in [5.41, 5.74) is 0.496. The van der Waals surface area contributed by atoms with Crippen LogP contribution in [0.2, 0.25) is 0 Å². The third-order valence-electron chi connectivity index (χ3n) is 4.34. The molecule has 2 aliphatic heterocycles. The number of hydrogen-bond acceptors (Lipinski definition) is 3. The SMILES string of the molecule is COc1cc(C(=O)N2CCCC3CNCC32)ccc1F. The Balaban J connectivity index is 1.84. The fraction of sp³-hybridized carbons (Fsp3) is 0.533. The summed E-state index contributed by atoms with van der Waals surface area (Å²) in [6.07, 6.45) is 2.21. The van der Waals surface area contributed by atoms with E-state index >= 15 is 0 Å². The van der Waals surface area contributed by atoms with Crippen molar-refractivity contribution < 1.29 is 13.9 Å². The molecule has 0 spiro atoms. The number of carbonyl (C=O) groups excluding carboxylic acids is 1. The van der Waals surface area contributed by atoms with E-state index in [2.05, 4.69) is 5.32 Å². The van der Waals surface area contributed by atoms with E-state index < -0.39 is 5.82 Å².